The van der Waals surface area contributed by atoms with Crippen LogP contribution in [0.1, 0.15) is 35.5 Å². The number of nitrogens with one attached hydrogen (secondary N) is 2. The first kappa shape index (κ1) is 18.4. The summed E-state index contributed by atoms with van der Waals surface area (Å²) in [5, 5.41) is 7.24. The van der Waals surface area contributed by atoms with Gasteiger partial charge in [-0.05, 0) is 56.6 Å². The molecule has 2 aromatic rings. The predicted molar refractivity (Wildman–Crippen MR) is 98.0 cm³/mol. The van der Waals surface area contributed by atoms with Crippen molar-refractivity contribution in [2.45, 2.75) is 20.8 Å². The predicted octanol–water partition coefficient (Wildman–Crippen LogP) is 2.76. The summed E-state index contributed by atoms with van der Waals surface area (Å²) in [5.41, 5.74) is 11.0. The molecule has 4 N–H and O–H groups in total. The van der Waals surface area contributed by atoms with Crippen LogP contribution in [-0.4, -0.2) is 28.7 Å². The monoisotopic (exact) mass is 361 g/mol. The Morgan fingerprint density at radius 1 is 1.32 bits per heavy atom. The second kappa shape index (κ2) is 8.25. The minimum absolute atomic E-state index is 0.268. The topological polar surface area (TPSA) is 119 Å². The number of hydrazone groups is 1. The molecule has 1 aromatic carbocycles. The van der Waals surface area contributed by atoms with Crippen LogP contribution in [0.4, 0.5) is 15.5 Å². The number of amides is 2. The number of hydrogen-bond acceptors (Lipinski definition) is 7. The lowest BCUT2D eigenvalue weighted by Crippen LogP contribution is -2.20. The Labute approximate surface area is 149 Å². The number of benzene rings is 1. The quantitative estimate of drug-likeness (QED) is 0.430. The molecule has 1 heterocycles. The summed E-state index contributed by atoms with van der Waals surface area (Å²) in [4.78, 5) is 23.7. The highest BCUT2D eigenvalue weighted by Gasteiger charge is 2.16. The molecule has 0 bridgehead atoms. The fraction of sp³-hybridized carbons (Fsp3) is 0.250. The molecule has 9 heteroatoms. The van der Waals surface area contributed by atoms with E-state index < -0.39 is 6.09 Å². The van der Waals surface area contributed by atoms with Gasteiger partial charge in [-0.25, -0.2) is 10.2 Å². The molecule has 132 valence electrons. The first-order chi connectivity index (χ1) is 11.9. The smallest absolute Gasteiger partial charge is 0.412 e. The van der Waals surface area contributed by atoms with E-state index in [9.17, 15) is 9.59 Å². The first-order valence-corrected chi connectivity index (χ1v) is 8.30. The van der Waals surface area contributed by atoms with E-state index in [0.717, 1.165) is 11.5 Å². The van der Waals surface area contributed by atoms with E-state index in [1.807, 2.05) is 0 Å². The standard InChI is InChI=1S/C16H19N5O3S/c1-4-24-16(23)18-15-13(10(3)21-25-15)9(2)19-20-14(22)11-5-7-12(17)8-6-11/h5-8H,4,17H2,1-3H3,(H,18,23)(H,20,22)/b19-9+. The maximum Gasteiger partial charge on any atom is 0.412 e. The maximum absolute atomic E-state index is 12.1. The second-order valence-corrected chi connectivity index (χ2v) is 5.85. The van der Waals surface area contributed by atoms with Gasteiger partial charge in [-0.15, -0.1) is 0 Å². The third-order valence-corrected chi connectivity index (χ3v) is 4.07. The number of aryl methyl sites for hydroxylation is 1. The van der Waals surface area contributed by atoms with Crippen LogP contribution < -0.4 is 16.5 Å². The van der Waals surface area contributed by atoms with Gasteiger partial charge in [-0.2, -0.15) is 9.47 Å². The highest BCUT2D eigenvalue weighted by atomic mass is 32.1. The van der Waals surface area contributed by atoms with Gasteiger partial charge in [0.25, 0.3) is 5.91 Å². The van der Waals surface area contributed by atoms with Gasteiger partial charge in [0.05, 0.1) is 23.6 Å². The lowest BCUT2D eigenvalue weighted by Gasteiger charge is -2.07. The van der Waals surface area contributed by atoms with E-state index in [-0.39, 0.29) is 12.5 Å². The Bertz CT molecular complexity index is 799. The number of aromatic nitrogens is 1. The summed E-state index contributed by atoms with van der Waals surface area (Å²) in [6, 6.07) is 6.50. The Hall–Kier alpha value is -2.94. The van der Waals surface area contributed by atoms with E-state index in [1.165, 1.54) is 0 Å². The Kier molecular flexibility index (Phi) is 6.07. The zero-order valence-corrected chi connectivity index (χ0v) is 14.9. The Balaban J connectivity index is 2.14. The minimum atomic E-state index is -0.564. The number of ether oxygens (including phenoxy) is 1. The van der Waals surface area contributed by atoms with Gasteiger partial charge in [-0.3, -0.25) is 10.1 Å². The van der Waals surface area contributed by atoms with Crippen LogP contribution in [0.3, 0.4) is 0 Å². The Morgan fingerprint density at radius 2 is 2.00 bits per heavy atom. The highest BCUT2D eigenvalue weighted by Crippen LogP contribution is 2.25. The summed E-state index contributed by atoms with van der Waals surface area (Å²) in [7, 11) is 0. The molecule has 0 saturated heterocycles. The molecule has 0 aliphatic rings. The first-order valence-electron chi connectivity index (χ1n) is 7.53. The molecular formula is C16H19N5O3S. The van der Waals surface area contributed by atoms with Crippen molar-refractivity contribution in [1.29, 1.82) is 0 Å². The van der Waals surface area contributed by atoms with Crippen molar-refractivity contribution < 1.29 is 14.3 Å². The van der Waals surface area contributed by atoms with Gasteiger partial charge < -0.3 is 10.5 Å². The molecule has 0 atom stereocenters. The molecule has 25 heavy (non-hydrogen) atoms. The zero-order chi connectivity index (χ0) is 18.4. The number of nitrogens with two attached hydrogens (primary N) is 1. The summed E-state index contributed by atoms with van der Waals surface area (Å²) in [5.74, 6) is -0.361. The third-order valence-electron chi connectivity index (χ3n) is 3.21. The molecule has 0 aliphatic heterocycles. The van der Waals surface area contributed by atoms with E-state index in [1.54, 1.807) is 45.0 Å². The average Bonchev–Trinajstić information content (AvgIpc) is 2.93. The van der Waals surface area contributed by atoms with Crippen LogP contribution in [0, 0.1) is 6.92 Å². The molecule has 0 saturated carbocycles. The molecule has 2 rings (SSSR count). The highest BCUT2D eigenvalue weighted by molar-refractivity contribution is 7.11. The van der Waals surface area contributed by atoms with Crippen LogP contribution in [0.15, 0.2) is 29.4 Å². The molecule has 8 nitrogen and oxygen atoms in total. The number of nitrogen functional groups attached to an aromatic ring is 1. The lowest BCUT2D eigenvalue weighted by atomic mass is 10.1. The van der Waals surface area contributed by atoms with Crippen molar-refractivity contribution in [3.05, 3.63) is 41.1 Å². The average molecular weight is 361 g/mol. The normalized spacial score (nSPS) is 11.1. The fourth-order valence-electron chi connectivity index (χ4n) is 2.03. The number of hydrogen-bond donors (Lipinski definition) is 3. The molecule has 2 amide bonds. The number of anilines is 2. The summed E-state index contributed by atoms with van der Waals surface area (Å²) >= 11 is 1.12. The van der Waals surface area contributed by atoms with Crippen LogP contribution in [0.5, 0.6) is 0 Å². The minimum Gasteiger partial charge on any atom is -0.450 e. The van der Waals surface area contributed by atoms with Crippen molar-refractivity contribution in [2.24, 2.45) is 5.10 Å². The van der Waals surface area contributed by atoms with Gasteiger partial charge in [0.2, 0.25) is 0 Å². The van der Waals surface area contributed by atoms with Crippen LogP contribution in [0.25, 0.3) is 0 Å². The van der Waals surface area contributed by atoms with E-state index in [0.29, 0.717) is 33.2 Å². The number of rotatable bonds is 5. The van der Waals surface area contributed by atoms with Gasteiger partial charge >= 0.3 is 6.09 Å². The fourth-order valence-corrected chi connectivity index (χ4v) is 2.87. The largest absolute Gasteiger partial charge is 0.450 e. The van der Waals surface area contributed by atoms with Crippen LogP contribution >= 0.6 is 11.5 Å². The number of carbonyl (C=O) groups is 2. The molecule has 0 spiro atoms. The van der Waals surface area contributed by atoms with Crippen molar-refractivity contribution in [3.8, 4) is 0 Å². The number of nitrogens with zero attached hydrogens (tertiary/aromatic N) is 2. The van der Waals surface area contributed by atoms with E-state index >= 15 is 0 Å². The maximum atomic E-state index is 12.1. The molecule has 1 aromatic heterocycles. The third kappa shape index (κ3) is 4.77. The van der Waals surface area contributed by atoms with Gasteiger partial charge in [0.1, 0.15) is 5.00 Å². The van der Waals surface area contributed by atoms with Crippen molar-refractivity contribution in [3.63, 3.8) is 0 Å². The second-order valence-electron chi connectivity index (χ2n) is 5.08. The summed E-state index contributed by atoms with van der Waals surface area (Å²) in [6.45, 7) is 5.50. The number of carbonyl (C=O) groups excluding carboxylic acids is 2. The summed E-state index contributed by atoms with van der Waals surface area (Å²) in [6.07, 6.45) is -0.564. The molecular weight excluding hydrogens is 342 g/mol. The zero-order valence-electron chi connectivity index (χ0n) is 14.1. The van der Waals surface area contributed by atoms with Gasteiger partial charge in [0.15, 0.2) is 0 Å². The van der Waals surface area contributed by atoms with Crippen molar-refractivity contribution >= 4 is 39.9 Å². The van der Waals surface area contributed by atoms with E-state index in [2.05, 4.69) is 20.2 Å². The molecule has 0 fully saturated rings. The van der Waals surface area contributed by atoms with Crippen LogP contribution in [-0.2, 0) is 4.74 Å². The van der Waals surface area contributed by atoms with Crippen LogP contribution in [0.2, 0.25) is 0 Å². The van der Waals surface area contributed by atoms with Crippen molar-refractivity contribution in [2.75, 3.05) is 17.7 Å². The molecule has 0 unspecified atom stereocenters. The van der Waals surface area contributed by atoms with E-state index in [4.69, 9.17) is 10.5 Å². The van der Waals surface area contributed by atoms with Crippen molar-refractivity contribution in [1.82, 2.24) is 9.80 Å². The Morgan fingerprint density at radius 3 is 2.64 bits per heavy atom. The molecule has 0 aliphatic carbocycles. The SMILES string of the molecule is CCOC(=O)Nc1snc(C)c1/C(C)=N/NC(=O)c1ccc(N)cc1. The van der Waals surface area contributed by atoms with Gasteiger partial charge in [-0.1, -0.05) is 0 Å². The summed E-state index contributed by atoms with van der Waals surface area (Å²) < 4.78 is 9.07. The lowest BCUT2D eigenvalue weighted by molar-refractivity contribution is 0.0954. The molecule has 0 radical (unpaired) electrons. The van der Waals surface area contributed by atoms with Gasteiger partial charge in [0, 0.05) is 11.3 Å².